The second-order valence-electron chi connectivity index (χ2n) is 6.33. The molecular weight excluding hydrogens is 306 g/mol. The molecule has 0 bridgehead atoms. The summed E-state index contributed by atoms with van der Waals surface area (Å²) in [5.41, 5.74) is 0. The highest BCUT2D eigenvalue weighted by Gasteiger charge is 1.97. The lowest BCUT2D eigenvalue weighted by Crippen LogP contribution is -2.23. The van der Waals surface area contributed by atoms with Crippen molar-refractivity contribution in [3.05, 3.63) is 48.6 Å². The van der Waals surface area contributed by atoms with Crippen molar-refractivity contribution in [3.8, 4) is 0 Å². The third-order valence-corrected chi connectivity index (χ3v) is 3.80. The number of unbranched alkanes of at least 4 members (excludes halogenated alkanes) is 4. The molecule has 2 heteroatoms. The average molecular weight is 346 g/mol. The molecule has 0 spiro atoms. The molecule has 0 aromatic carbocycles. The van der Waals surface area contributed by atoms with E-state index in [4.69, 9.17) is 0 Å². The molecule has 0 aromatic heterocycles. The summed E-state index contributed by atoms with van der Waals surface area (Å²) < 4.78 is 0. The van der Waals surface area contributed by atoms with Crippen molar-refractivity contribution in [2.24, 2.45) is 0 Å². The van der Waals surface area contributed by atoms with Crippen LogP contribution in [0, 0.1) is 0 Å². The summed E-state index contributed by atoms with van der Waals surface area (Å²) in [5, 5.41) is 2.90. The standard InChI is InChI=1S/C23H39NO/c1-3-5-6-7-8-9-10-11-12-13-14-15-16-17-18-19-20-21-23(25)24-22-4-2/h8-9,11-12,14-15,17-18H,3-7,10,13,16,19-22H2,1-2H3,(H,24,25)/b9-8-,12-11+,15-14+,18-17+. The van der Waals surface area contributed by atoms with Crippen LogP contribution in [0.5, 0.6) is 0 Å². The minimum Gasteiger partial charge on any atom is -0.356 e. The van der Waals surface area contributed by atoms with E-state index < -0.39 is 0 Å². The van der Waals surface area contributed by atoms with Gasteiger partial charge in [-0.2, -0.15) is 0 Å². The lowest BCUT2D eigenvalue weighted by atomic mass is 10.2. The summed E-state index contributed by atoms with van der Waals surface area (Å²) in [6, 6.07) is 0. The normalized spacial score (nSPS) is 12.2. The summed E-state index contributed by atoms with van der Waals surface area (Å²) in [6.07, 6.45) is 29.6. The molecule has 142 valence electrons. The predicted octanol–water partition coefficient (Wildman–Crippen LogP) is 6.66. The highest BCUT2D eigenvalue weighted by atomic mass is 16.1. The van der Waals surface area contributed by atoms with E-state index in [1.54, 1.807) is 0 Å². The Bertz CT molecular complexity index is 404. The molecule has 25 heavy (non-hydrogen) atoms. The highest BCUT2D eigenvalue weighted by molar-refractivity contribution is 5.75. The number of hydrogen-bond donors (Lipinski definition) is 1. The van der Waals surface area contributed by atoms with Gasteiger partial charge in [-0.15, -0.1) is 0 Å². The van der Waals surface area contributed by atoms with Crippen molar-refractivity contribution in [1.82, 2.24) is 5.32 Å². The number of rotatable bonds is 16. The van der Waals surface area contributed by atoms with Gasteiger partial charge in [0.1, 0.15) is 0 Å². The Hall–Kier alpha value is -1.57. The number of amides is 1. The van der Waals surface area contributed by atoms with Gasteiger partial charge >= 0.3 is 0 Å². The van der Waals surface area contributed by atoms with Gasteiger partial charge in [-0.1, -0.05) is 75.3 Å². The van der Waals surface area contributed by atoms with E-state index in [9.17, 15) is 4.79 Å². The number of hydrogen-bond acceptors (Lipinski definition) is 1. The Kier molecular flexibility index (Phi) is 19.2. The van der Waals surface area contributed by atoms with Crippen molar-refractivity contribution in [2.75, 3.05) is 6.54 Å². The smallest absolute Gasteiger partial charge is 0.220 e. The van der Waals surface area contributed by atoms with Crippen LogP contribution >= 0.6 is 0 Å². The van der Waals surface area contributed by atoms with Gasteiger partial charge in [0.25, 0.3) is 0 Å². The zero-order valence-corrected chi connectivity index (χ0v) is 16.5. The van der Waals surface area contributed by atoms with Crippen LogP contribution in [0.1, 0.15) is 84.5 Å². The van der Waals surface area contributed by atoms with Crippen molar-refractivity contribution in [1.29, 1.82) is 0 Å². The summed E-state index contributed by atoms with van der Waals surface area (Å²) >= 11 is 0. The molecule has 0 aliphatic heterocycles. The van der Waals surface area contributed by atoms with Gasteiger partial charge < -0.3 is 5.32 Å². The molecule has 0 atom stereocenters. The molecule has 1 amide bonds. The van der Waals surface area contributed by atoms with E-state index in [0.717, 1.165) is 45.1 Å². The van der Waals surface area contributed by atoms with Crippen LogP contribution in [0.15, 0.2) is 48.6 Å². The first-order valence-corrected chi connectivity index (χ1v) is 10.2. The van der Waals surface area contributed by atoms with Crippen molar-refractivity contribution in [2.45, 2.75) is 84.5 Å². The first-order chi connectivity index (χ1) is 12.3. The fourth-order valence-corrected chi connectivity index (χ4v) is 2.29. The van der Waals surface area contributed by atoms with E-state index in [2.05, 4.69) is 67.8 Å². The molecule has 0 radical (unpaired) electrons. The molecular formula is C23H39NO. The van der Waals surface area contributed by atoms with Crippen molar-refractivity contribution in [3.63, 3.8) is 0 Å². The van der Waals surface area contributed by atoms with Crippen molar-refractivity contribution >= 4 is 5.91 Å². The Morgan fingerprint density at radius 1 is 0.680 bits per heavy atom. The minimum absolute atomic E-state index is 0.178. The fraction of sp³-hybridized carbons (Fsp3) is 0.609. The Balaban J connectivity index is 3.44. The maximum absolute atomic E-state index is 11.4. The molecule has 0 unspecified atom stereocenters. The first kappa shape index (κ1) is 23.4. The van der Waals surface area contributed by atoms with E-state index in [1.165, 1.54) is 25.7 Å². The Labute approximate surface area is 156 Å². The first-order valence-electron chi connectivity index (χ1n) is 10.2. The maximum Gasteiger partial charge on any atom is 0.220 e. The molecule has 0 saturated carbocycles. The molecule has 0 saturated heterocycles. The molecule has 2 nitrogen and oxygen atoms in total. The van der Waals surface area contributed by atoms with Crippen LogP contribution in [-0.2, 0) is 4.79 Å². The molecule has 0 aliphatic carbocycles. The average Bonchev–Trinajstić information content (AvgIpc) is 2.62. The summed E-state index contributed by atoms with van der Waals surface area (Å²) in [4.78, 5) is 11.4. The van der Waals surface area contributed by atoms with Gasteiger partial charge in [0.15, 0.2) is 0 Å². The monoisotopic (exact) mass is 345 g/mol. The van der Waals surface area contributed by atoms with Crippen LogP contribution in [0.2, 0.25) is 0 Å². The van der Waals surface area contributed by atoms with Crippen LogP contribution in [0.4, 0.5) is 0 Å². The lowest BCUT2D eigenvalue weighted by Gasteiger charge is -2.01. The molecule has 0 aromatic rings. The highest BCUT2D eigenvalue weighted by Crippen LogP contribution is 2.01. The number of carbonyl (C=O) groups excluding carboxylic acids is 1. The second kappa shape index (κ2) is 20.5. The minimum atomic E-state index is 0.178. The van der Waals surface area contributed by atoms with Gasteiger partial charge in [-0.3, -0.25) is 4.79 Å². The Morgan fingerprint density at radius 2 is 1.20 bits per heavy atom. The molecule has 0 rings (SSSR count). The fourth-order valence-electron chi connectivity index (χ4n) is 2.29. The topological polar surface area (TPSA) is 29.1 Å². The SMILES string of the molecule is CCCCC/C=C\C/C=C/C/C=C/C/C=C/CCCC(=O)NCCC. The third-order valence-electron chi connectivity index (χ3n) is 3.80. The Morgan fingerprint density at radius 3 is 1.72 bits per heavy atom. The zero-order chi connectivity index (χ0) is 18.4. The van der Waals surface area contributed by atoms with Gasteiger partial charge in [-0.05, 0) is 51.4 Å². The predicted molar refractivity (Wildman–Crippen MR) is 112 cm³/mol. The molecule has 0 heterocycles. The van der Waals surface area contributed by atoms with E-state index in [-0.39, 0.29) is 5.91 Å². The van der Waals surface area contributed by atoms with E-state index in [0.29, 0.717) is 6.42 Å². The molecule has 1 N–H and O–H groups in total. The van der Waals surface area contributed by atoms with Gasteiger partial charge in [-0.25, -0.2) is 0 Å². The van der Waals surface area contributed by atoms with Crippen LogP contribution < -0.4 is 5.32 Å². The van der Waals surface area contributed by atoms with Crippen LogP contribution in [0.25, 0.3) is 0 Å². The number of carbonyl (C=O) groups is 1. The lowest BCUT2D eigenvalue weighted by molar-refractivity contribution is -0.121. The van der Waals surface area contributed by atoms with Crippen molar-refractivity contribution < 1.29 is 4.79 Å². The van der Waals surface area contributed by atoms with Gasteiger partial charge in [0, 0.05) is 13.0 Å². The second-order valence-corrected chi connectivity index (χ2v) is 6.33. The van der Waals surface area contributed by atoms with Crippen LogP contribution in [0.3, 0.4) is 0 Å². The third kappa shape index (κ3) is 20.4. The maximum atomic E-state index is 11.4. The summed E-state index contributed by atoms with van der Waals surface area (Å²) in [6.45, 7) is 5.10. The summed E-state index contributed by atoms with van der Waals surface area (Å²) in [7, 11) is 0. The summed E-state index contributed by atoms with van der Waals surface area (Å²) in [5.74, 6) is 0.178. The van der Waals surface area contributed by atoms with Gasteiger partial charge in [0.2, 0.25) is 5.91 Å². The number of nitrogens with one attached hydrogen (secondary N) is 1. The van der Waals surface area contributed by atoms with E-state index in [1.807, 2.05) is 0 Å². The van der Waals surface area contributed by atoms with Gasteiger partial charge in [0.05, 0.1) is 0 Å². The number of allylic oxidation sites excluding steroid dienone is 8. The van der Waals surface area contributed by atoms with Crippen LogP contribution in [-0.4, -0.2) is 12.5 Å². The van der Waals surface area contributed by atoms with E-state index >= 15 is 0 Å². The molecule has 0 fully saturated rings. The quantitative estimate of drug-likeness (QED) is 0.246. The largest absolute Gasteiger partial charge is 0.356 e. The molecule has 0 aliphatic rings. The zero-order valence-electron chi connectivity index (χ0n) is 16.5.